The average molecular weight is 379 g/mol. The number of carbonyl (C=O) groups is 1. The number of benzene rings is 2. The summed E-state index contributed by atoms with van der Waals surface area (Å²) in [5, 5.41) is 7.23. The molecule has 0 spiro atoms. The molecule has 0 radical (unpaired) electrons. The minimum absolute atomic E-state index is 0.215. The van der Waals surface area contributed by atoms with Gasteiger partial charge in [0.1, 0.15) is 0 Å². The van der Waals surface area contributed by atoms with E-state index in [1.54, 1.807) is 31.5 Å². The van der Waals surface area contributed by atoms with Crippen LogP contribution in [-0.4, -0.2) is 29.4 Å². The van der Waals surface area contributed by atoms with Gasteiger partial charge in [-0.3, -0.25) is 4.79 Å². The van der Waals surface area contributed by atoms with E-state index in [-0.39, 0.29) is 5.91 Å². The van der Waals surface area contributed by atoms with E-state index in [1.165, 1.54) is 0 Å². The number of aryl methyl sites for hydroxylation is 1. The number of nitrogens with one attached hydrogen (secondary N) is 1. The van der Waals surface area contributed by atoms with Crippen LogP contribution in [0.15, 0.2) is 54.7 Å². The lowest BCUT2D eigenvalue weighted by Gasteiger charge is -2.12. The number of anilines is 1. The first-order chi connectivity index (χ1) is 13.6. The van der Waals surface area contributed by atoms with Gasteiger partial charge in [0.25, 0.3) is 5.91 Å². The first kappa shape index (κ1) is 19.5. The molecule has 1 aromatic heterocycles. The second-order valence-corrected chi connectivity index (χ2v) is 6.46. The molecule has 0 saturated carbocycles. The molecule has 0 aliphatic heterocycles. The van der Waals surface area contributed by atoms with Crippen LogP contribution in [0.4, 0.5) is 5.69 Å². The third-order valence-electron chi connectivity index (χ3n) is 4.36. The highest BCUT2D eigenvalue weighted by Gasteiger charge is 2.12. The summed E-state index contributed by atoms with van der Waals surface area (Å²) in [6.07, 6.45) is 3.77. The van der Waals surface area contributed by atoms with E-state index in [2.05, 4.69) is 17.3 Å². The van der Waals surface area contributed by atoms with Gasteiger partial charge < -0.3 is 14.8 Å². The molecule has 1 amide bonds. The largest absolute Gasteiger partial charge is 0.493 e. The van der Waals surface area contributed by atoms with Crippen molar-refractivity contribution in [1.29, 1.82) is 0 Å². The summed E-state index contributed by atoms with van der Waals surface area (Å²) in [7, 11) is 1.57. The number of ether oxygens (including phenoxy) is 2. The van der Waals surface area contributed by atoms with E-state index in [0.717, 1.165) is 24.2 Å². The molecule has 2 aromatic carbocycles. The molecule has 0 unspecified atom stereocenters. The van der Waals surface area contributed by atoms with Gasteiger partial charge in [-0.15, -0.1) is 0 Å². The maximum absolute atomic E-state index is 12.7. The molecule has 1 N–H and O–H groups in total. The number of hydrogen-bond donors (Lipinski definition) is 1. The Morgan fingerprint density at radius 2 is 2.00 bits per heavy atom. The lowest BCUT2D eigenvalue weighted by Crippen LogP contribution is -2.12. The predicted octanol–water partition coefficient (Wildman–Crippen LogP) is 4.62. The third kappa shape index (κ3) is 4.52. The van der Waals surface area contributed by atoms with Crippen LogP contribution in [0.5, 0.6) is 11.5 Å². The summed E-state index contributed by atoms with van der Waals surface area (Å²) >= 11 is 0. The van der Waals surface area contributed by atoms with Crippen molar-refractivity contribution in [2.24, 2.45) is 0 Å². The maximum Gasteiger partial charge on any atom is 0.255 e. The molecule has 3 rings (SSSR count). The first-order valence-electron chi connectivity index (χ1n) is 9.35. The molecule has 0 fully saturated rings. The second-order valence-electron chi connectivity index (χ2n) is 6.46. The monoisotopic (exact) mass is 379 g/mol. The highest BCUT2D eigenvalue weighted by molar-refractivity contribution is 6.04. The van der Waals surface area contributed by atoms with Crippen LogP contribution in [0.1, 0.15) is 35.8 Å². The second kappa shape index (κ2) is 9.08. The van der Waals surface area contributed by atoms with Crippen LogP contribution in [0.3, 0.4) is 0 Å². The fraction of sp³-hybridized carbons (Fsp3) is 0.273. The normalized spacial score (nSPS) is 10.5. The predicted molar refractivity (Wildman–Crippen MR) is 110 cm³/mol. The van der Waals surface area contributed by atoms with Crippen molar-refractivity contribution >= 4 is 11.6 Å². The van der Waals surface area contributed by atoms with Crippen molar-refractivity contribution in [3.8, 4) is 17.2 Å². The topological polar surface area (TPSA) is 65.4 Å². The van der Waals surface area contributed by atoms with Gasteiger partial charge in [0.05, 0.1) is 19.4 Å². The molecule has 0 aliphatic rings. The highest BCUT2D eigenvalue weighted by atomic mass is 16.5. The summed E-state index contributed by atoms with van der Waals surface area (Å²) in [6, 6.07) is 14.7. The number of carbonyl (C=O) groups excluding carboxylic acids is 1. The fourth-order valence-corrected chi connectivity index (χ4v) is 2.81. The van der Waals surface area contributed by atoms with Crippen LogP contribution in [-0.2, 0) is 0 Å². The van der Waals surface area contributed by atoms with Crippen LogP contribution in [0.25, 0.3) is 5.69 Å². The van der Waals surface area contributed by atoms with Crippen molar-refractivity contribution < 1.29 is 14.3 Å². The van der Waals surface area contributed by atoms with Gasteiger partial charge in [-0.05, 0) is 55.8 Å². The summed E-state index contributed by atoms with van der Waals surface area (Å²) in [4.78, 5) is 12.7. The summed E-state index contributed by atoms with van der Waals surface area (Å²) in [6.45, 7) is 4.71. The number of hydrogen-bond acceptors (Lipinski definition) is 4. The molecule has 0 aliphatic carbocycles. The zero-order valence-electron chi connectivity index (χ0n) is 16.4. The Morgan fingerprint density at radius 1 is 1.14 bits per heavy atom. The number of aromatic nitrogens is 2. The molecular formula is C22H25N3O3. The highest BCUT2D eigenvalue weighted by Crippen LogP contribution is 2.28. The zero-order chi connectivity index (χ0) is 19.9. The average Bonchev–Trinajstić information content (AvgIpc) is 3.14. The minimum Gasteiger partial charge on any atom is -0.493 e. The Hall–Kier alpha value is -3.28. The molecule has 1 heterocycles. The van der Waals surface area contributed by atoms with Crippen LogP contribution < -0.4 is 14.8 Å². The van der Waals surface area contributed by atoms with Gasteiger partial charge in [-0.25, -0.2) is 4.68 Å². The van der Waals surface area contributed by atoms with Gasteiger partial charge in [0.2, 0.25) is 0 Å². The molecule has 0 bridgehead atoms. The summed E-state index contributed by atoms with van der Waals surface area (Å²) in [5.74, 6) is 0.973. The molecule has 146 valence electrons. The number of methoxy groups -OCH3 is 1. The number of rotatable bonds is 8. The molecule has 0 saturated heterocycles. The van der Waals surface area contributed by atoms with Crippen molar-refractivity contribution in [3.63, 3.8) is 0 Å². The quantitative estimate of drug-likeness (QED) is 0.580. The maximum atomic E-state index is 12.7. The Morgan fingerprint density at radius 3 is 2.71 bits per heavy atom. The number of amides is 1. The molecular weight excluding hydrogens is 354 g/mol. The minimum atomic E-state index is -0.215. The van der Waals surface area contributed by atoms with E-state index in [9.17, 15) is 4.79 Å². The molecule has 3 aromatic rings. The van der Waals surface area contributed by atoms with E-state index in [0.29, 0.717) is 29.4 Å². The Bertz CT molecular complexity index is 950. The Labute approximate surface area is 165 Å². The lowest BCUT2D eigenvalue weighted by molar-refractivity contribution is 0.102. The van der Waals surface area contributed by atoms with Crippen molar-refractivity contribution in [2.45, 2.75) is 26.7 Å². The van der Waals surface area contributed by atoms with Gasteiger partial charge in [0, 0.05) is 23.1 Å². The van der Waals surface area contributed by atoms with E-state index < -0.39 is 0 Å². The lowest BCUT2D eigenvalue weighted by atomic mass is 10.1. The van der Waals surface area contributed by atoms with Gasteiger partial charge in [0.15, 0.2) is 11.5 Å². The Kier molecular flexibility index (Phi) is 6.32. The summed E-state index contributed by atoms with van der Waals surface area (Å²) in [5.41, 5.74) is 3.10. The SMILES string of the molecule is CCCCOc1ccc(C(=O)Nc2cccc(-n3nccc3C)c2)cc1OC. The van der Waals surface area contributed by atoms with E-state index >= 15 is 0 Å². The standard InChI is InChI=1S/C22H25N3O3/c1-4-5-13-28-20-10-9-17(14-21(20)27-3)22(26)24-18-7-6-8-19(15-18)25-16(2)11-12-23-25/h6-12,14-15H,4-5,13H2,1-3H3,(H,24,26). The molecule has 6 heteroatoms. The van der Waals surface area contributed by atoms with Crippen LogP contribution in [0, 0.1) is 6.92 Å². The molecule has 6 nitrogen and oxygen atoms in total. The van der Waals surface area contributed by atoms with E-state index in [1.807, 2.05) is 41.9 Å². The zero-order valence-corrected chi connectivity index (χ0v) is 16.4. The summed E-state index contributed by atoms with van der Waals surface area (Å²) < 4.78 is 12.9. The third-order valence-corrected chi connectivity index (χ3v) is 4.36. The van der Waals surface area contributed by atoms with Gasteiger partial charge >= 0.3 is 0 Å². The Balaban J connectivity index is 1.75. The fourth-order valence-electron chi connectivity index (χ4n) is 2.81. The molecule has 0 atom stereocenters. The van der Waals surface area contributed by atoms with Crippen LogP contribution >= 0.6 is 0 Å². The van der Waals surface area contributed by atoms with Crippen molar-refractivity contribution in [2.75, 3.05) is 19.0 Å². The van der Waals surface area contributed by atoms with E-state index in [4.69, 9.17) is 9.47 Å². The van der Waals surface area contributed by atoms with Crippen LogP contribution in [0.2, 0.25) is 0 Å². The first-order valence-corrected chi connectivity index (χ1v) is 9.35. The number of unbranched alkanes of at least 4 members (excludes halogenated alkanes) is 1. The van der Waals surface area contributed by atoms with Crippen molar-refractivity contribution in [3.05, 3.63) is 66.0 Å². The smallest absolute Gasteiger partial charge is 0.255 e. The van der Waals surface area contributed by atoms with Gasteiger partial charge in [-0.1, -0.05) is 19.4 Å². The number of nitrogens with zero attached hydrogens (tertiary/aromatic N) is 2. The van der Waals surface area contributed by atoms with Crippen molar-refractivity contribution in [1.82, 2.24) is 9.78 Å². The van der Waals surface area contributed by atoms with Gasteiger partial charge in [-0.2, -0.15) is 5.10 Å². The molecule has 28 heavy (non-hydrogen) atoms.